The Morgan fingerprint density at radius 1 is 1.07 bits per heavy atom. The lowest BCUT2D eigenvalue weighted by Gasteiger charge is -2.09. The molecule has 0 aliphatic heterocycles. The molecule has 0 atom stereocenters. The standard InChI is InChI=1S/C20H21NO5S/c1-21-27(23,24)19-15-17(10-12-18(19)25-2)11-13-20(22)26-14-6-9-16-7-4-3-5-8-16/h3-13,15,21H,14H2,1-2H3/b9-6+,13-11+. The van der Waals surface area contributed by atoms with Gasteiger partial charge in [0.05, 0.1) is 7.11 Å². The van der Waals surface area contributed by atoms with Gasteiger partial charge in [0.15, 0.2) is 0 Å². The molecule has 0 saturated carbocycles. The van der Waals surface area contributed by atoms with Gasteiger partial charge < -0.3 is 9.47 Å². The summed E-state index contributed by atoms with van der Waals surface area (Å²) in [6.07, 6.45) is 6.33. The maximum absolute atomic E-state index is 12.0. The number of hydrogen-bond acceptors (Lipinski definition) is 5. The molecule has 0 fully saturated rings. The van der Waals surface area contributed by atoms with Gasteiger partial charge in [-0.15, -0.1) is 0 Å². The second kappa shape index (κ2) is 9.70. The molecular weight excluding hydrogens is 366 g/mol. The fourth-order valence-electron chi connectivity index (χ4n) is 2.21. The van der Waals surface area contributed by atoms with E-state index >= 15 is 0 Å². The number of carbonyl (C=O) groups is 1. The number of hydrogen-bond donors (Lipinski definition) is 1. The highest BCUT2D eigenvalue weighted by Gasteiger charge is 2.17. The summed E-state index contributed by atoms with van der Waals surface area (Å²) in [5.74, 6) is -0.309. The first-order valence-electron chi connectivity index (χ1n) is 8.14. The lowest BCUT2D eigenvalue weighted by molar-refractivity contribution is -0.136. The molecule has 0 spiro atoms. The summed E-state index contributed by atoms with van der Waals surface area (Å²) in [5, 5.41) is 0. The molecule has 0 heterocycles. The Morgan fingerprint density at radius 3 is 2.48 bits per heavy atom. The van der Waals surface area contributed by atoms with Crippen LogP contribution in [0.5, 0.6) is 5.75 Å². The van der Waals surface area contributed by atoms with Crippen molar-refractivity contribution in [2.45, 2.75) is 4.90 Å². The van der Waals surface area contributed by atoms with Crippen LogP contribution in [0.15, 0.2) is 65.6 Å². The third-order valence-corrected chi connectivity index (χ3v) is 5.03. The number of carbonyl (C=O) groups excluding carboxylic acids is 1. The Bertz CT molecular complexity index is 934. The highest BCUT2D eigenvalue weighted by Crippen LogP contribution is 2.25. The van der Waals surface area contributed by atoms with E-state index < -0.39 is 16.0 Å². The average Bonchev–Trinajstić information content (AvgIpc) is 2.70. The van der Waals surface area contributed by atoms with Crippen LogP contribution in [-0.2, 0) is 19.6 Å². The van der Waals surface area contributed by atoms with Gasteiger partial charge in [0.2, 0.25) is 10.0 Å². The number of sulfonamides is 1. The minimum absolute atomic E-state index is 0.00573. The van der Waals surface area contributed by atoms with Crippen LogP contribution in [0.1, 0.15) is 11.1 Å². The molecule has 27 heavy (non-hydrogen) atoms. The van der Waals surface area contributed by atoms with Gasteiger partial charge in [0.1, 0.15) is 17.3 Å². The third-order valence-electron chi connectivity index (χ3n) is 3.59. The van der Waals surface area contributed by atoms with Crippen LogP contribution in [0.3, 0.4) is 0 Å². The van der Waals surface area contributed by atoms with E-state index in [0.717, 1.165) is 5.56 Å². The topological polar surface area (TPSA) is 81.7 Å². The molecule has 0 aliphatic rings. The molecule has 0 aliphatic carbocycles. The molecule has 142 valence electrons. The lowest BCUT2D eigenvalue weighted by atomic mass is 10.2. The monoisotopic (exact) mass is 387 g/mol. The largest absolute Gasteiger partial charge is 0.495 e. The molecule has 0 saturated heterocycles. The molecule has 6 nitrogen and oxygen atoms in total. The summed E-state index contributed by atoms with van der Waals surface area (Å²) in [5.41, 5.74) is 1.54. The molecule has 0 aromatic heterocycles. The van der Waals surface area contributed by atoms with Gasteiger partial charge in [-0.3, -0.25) is 0 Å². The number of esters is 1. The Hall–Kier alpha value is -2.90. The number of methoxy groups -OCH3 is 1. The first-order valence-corrected chi connectivity index (χ1v) is 9.62. The second-order valence-corrected chi connectivity index (χ2v) is 7.25. The quantitative estimate of drug-likeness (QED) is 0.556. The first kappa shape index (κ1) is 20.4. The van der Waals surface area contributed by atoms with Gasteiger partial charge in [0, 0.05) is 6.08 Å². The van der Waals surface area contributed by atoms with Gasteiger partial charge in [0.25, 0.3) is 0 Å². The van der Waals surface area contributed by atoms with Crippen LogP contribution in [0.2, 0.25) is 0 Å². The lowest BCUT2D eigenvalue weighted by Crippen LogP contribution is -2.19. The molecule has 0 amide bonds. The van der Waals surface area contributed by atoms with Gasteiger partial charge in [-0.25, -0.2) is 17.9 Å². The van der Waals surface area contributed by atoms with Gasteiger partial charge >= 0.3 is 5.97 Å². The zero-order valence-electron chi connectivity index (χ0n) is 15.1. The van der Waals surface area contributed by atoms with Crippen molar-refractivity contribution in [3.05, 3.63) is 71.8 Å². The molecule has 1 N–H and O–H groups in total. The number of benzene rings is 2. The predicted octanol–water partition coefficient (Wildman–Crippen LogP) is 2.87. The smallest absolute Gasteiger partial charge is 0.331 e. The maximum Gasteiger partial charge on any atom is 0.331 e. The van der Waals surface area contributed by atoms with Crippen molar-refractivity contribution in [1.29, 1.82) is 0 Å². The molecular formula is C20H21NO5S. The maximum atomic E-state index is 12.0. The highest BCUT2D eigenvalue weighted by molar-refractivity contribution is 7.89. The van der Waals surface area contributed by atoms with Crippen molar-refractivity contribution in [3.8, 4) is 5.75 Å². The molecule has 0 radical (unpaired) electrons. The fourth-order valence-corrected chi connectivity index (χ4v) is 3.14. The summed E-state index contributed by atoms with van der Waals surface area (Å²) in [7, 11) is -0.974. The zero-order valence-corrected chi connectivity index (χ0v) is 15.9. The number of nitrogens with one attached hydrogen (secondary N) is 1. The minimum atomic E-state index is -3.68. The van der Waals surface area contributed by atoms with Crippen molar-refractivity contribution >= 4 is 28.1 Å². The van der Waals surface area contributed by atoms with E-state index in [0.29, 0.717) is 5.56 Å². The fraction of sp³-hybridized carbons (Fsp3) is 0.150. The van der Waals surface area contributed by atoms with E-state index in [4.69, 9.17) is 9.47 Å². The highest BCUT2D eigenvalue weighted by atomic mass is 32.2. The van der Waals surface area contributed by atoms with E-state index in [-0.39, 0.29) is 17.3 Å². The Labute approximate surface area is 159 Å². The second-order valence-electron chi connectivity index (χ2n) is 5.39. The Morgan fingerprint density at radius 2 is 1.81 bits per heavy atom. The minimum Gasteiger partial charge on any atom is -0.495 e. The van der Waals surface area contributed by atoms with Crippen molar-refractivity contribution in [2.24, 2.45) is 0 Å². The zero-order chi connectivity index (χ0) is 19.7. The molecule has 0 unspecified atom stereocenters. The Balaban J connectivity index is 1.99. The Kier molecular flexibility index (Phi) is 7.34. The number of rotatable bonds is 8. The van der Waals surface area contributed by atoms with E-state index in [2.05, 4.69) is 4.72 Å². The normalized spacial score (nSPS) is 11.8. The molecule has 0 bridgehead atoms. The van der Waals surface area contributed by atoms with Crippen molar-refractivity contribution in [3.63, 3.8) is 0 Å². The van der Waals surface area contributed by atoms with Crippen LogP contribution in [0.4, 0.5) is 0 Å². The van der Waals surface area contributed by atoms with Crippen LogP contribution in [0.25, 0.3) is 12.2 Å². The van der Waals surface area contributed by atoms with Crippen LogP contribution >= 0.6 is 0 Å². The van der Waals surface area contributed by atoms with Crippen LogP contribution in [-0.4, -0.2) is 35.2 Å². The van der Waals surface area contributed by atoms with Gasteiger partial charge in [-0.05, 0) is 42.5 Å². The van der Waals surface area contributed by atoms with Gasteiger partial charge in [-0.2, -0.15) is 0 Å². The van der Waals surface area contributed by atoms with Crippen LogP contribution in [0, 0.1) is 0 Å². The van der Waals surface area contributed by atoms with Gasteiger partial charge in [-0.1, -0.05) is 42.5 Å². The molecule has 2 aromatic carbocycles. The summed E-state index contributed by atoms with van der Waals surface area (Å²) in [6, 6.07) is 14.2. The van der Waals surface area contributed by atoms with E-state index in [1.54, 1.807) is 12.1 Å². The summed E-state index contributed by atoms with van der Waals surface area (Å²) < 4.78 is 36.5. The van der Waals surface area contributed by atoms with Crippen molar-refractivity contribution in [2.75, 3.05) is 20.8 Å². The average molecular weight is 387 g/mol. The third kappa shape index (κ3) is 6.09. The summed E-state index contributed by atoms with van der Waals surface area (Å²) in [6.45, 7) is 0.139. The van der Waals surface area contributed by atoms with E-state index in [1.165, 1.54) is 38.4 Å². The van der Waals surface area contributed by atoms with Crippen molar-refractivity contribution in [1.82, 2.24) is 4.72 Å². The summed E-state index contributed by atoms with van der Waals surface area (Å²) >= 11 is 0. The summed E-state index contributed by atoms with van der Waals surface area (Å²) in [4.78, 5) is 11.8. The van der Waals surface area contributed by atoms with E-state index in [1.807, 2.05) is 36.4 Å². The molecule has 2 aromatic rings. The van der Waals surface area contributed by atoms with Crippen molar-refractivity contribution < 1.29 is 22.7 Å². The van der Waals surface area contributed by atoms with Crippen LogP contribution < -0.4 is 9.46 Å². The molecule has 2 rings (SSSR count). The predicted molar refractivity (Wildman–Crippen MR) is 105 cm³/mol. The number of ether oxygens (including phenoxy) is 2. The first-order chi connectivity index (χ1) is 13.0. The van der Waals surface area contributed by atoms with E-state index in [9.17, 15) is 13.2 Å². The SMILES string of the molecule is CNS(=O)(=O)c1cc(/C=C/C(=O)OC/C=C/c2ccccc2)ccc1OC. The molecule has 7 heteroatoms.